The summed E-state index contributed by atoms with van der Waals surface area (Å²) < 4.78 is 33.5. The van der Waals surface area contributed by atoms with E-state index >= 15 is 0 Å². The van der Waals surface area contributed by atoms with Crippen molar-refractivity contribution in [1.29, 1.82) is 0 Å². The smallest absolute Gasteiger partial charge is 0.245 e. The number of aryl methyl sites for hydroxylation is 1. The first-order valence-electron chi connectivity index (χ1n) is 7.60. The van der Waals surface area contributed by atoms with Gasteiger partial charge in [0.25, 0.3) is 0 Å². The van der Waals surface area contributed by atoms with Crippen molar-refractivity contribution in [1.82, 2.24) is 4.31 Å². The predicted octanol–water partition coefficient (Wildman–Crippen LogP) is 3.48. The molecule has 0 radical (unpaired) electrons. The van der Waals surface area contributed by atoms with E-state index in [1.165, 1.54) is 4.31 Å². The van der Waals surface area contributed by atoms with Crippen LogP contribution in [0.1, 0.15) is 39.2 Å². The molecule has 2 atom stereocenters. The van der Waals surface area contributed by atoms with Crippen LogP contribution < -0.4 is 0 Å². The van der Waals surface area contributed by atoms with Gasteiger partial charge in [0, 0.05) is 0 Å². The molecule has 0 spiro atoms. The molecule has 1 aromatic rings. The first kappa shape index (κ1) is 17.2. The lowest BCUT2D eigenvalue weighted by Crippen LogP contribution is -2.47. The predicted molar refractivity (Wildman–Crippen MR) is 88.0 cm³/mol. The Morgan fingerprint density at radius 1 is 1.32 bits per heavy atom. The third kappa shape index (κ3) is 3.12. The lowest BCUT2D eigenvalue weighted by molar-refractivity contribution is -0.0514. The second-order valence-corrected chi connectivity index (χ2v) is 8.14. The molecule has 0 N–H and O–H groups in total. The second kappa shape index (κ2) is 6.14. The molecule has 1 saturated heterocycles. The van der Waals surface area contributed by atoms with Crippen molar-refractivity contribution >= 4 is 10.0 Å². The Kier molecular flexibility index (Phi) is 4.80. The second-order valence-electron chi connectivity index (χ2n) is 6.32. The third-order valence-electron chi connectivity index (χ3n) is 4.11. The van der Waals surface area contributed by atoms with Crippen LogP contribution in [-0.4, -0.2) is 30.6 Å². The van der Waals surface area contributed by atoms with Crippen molar-refractivity contribution in [2.75, 3.05) is 0 Å². The topological polar surface area (TPSA) is 46.6 Å². The van der Waals surface area contributed by atoms with Crippen LogP contribution in [0.4, 0.5) is 0 Å². The Morgan fingerprint density at radius 2 is 1.91 bits per heavy atom. The van der Waals surface area contributed by atoms with Gasteiger partial charge in [0.2, 0.25) is 10.0 Å². The Hall–Kier alpha value is -1.17. The van der Waals surface area contributed by atoms with Crippen LogP contribution in [0.15, 0.2) is 41.8 Å². The summed E-state index contributed by atoms with van der Waals surface area (Å²) >= 11 is 0. The molecule has 5 heteroatoms. The van der Waals surface area contributed by atoms with E-state index in [1.807, 2.05) is 45.9 Å². The van der Waals surface area contributed by atoms with Crippen molar-refractivity contribution in [3.8, 4) is 0 Å². The molecule has 0 aromatic heterocycles. The molecule has 1 aromatic carbocycles. The molecule has 1 aliphatic heterocycles. The summed E-state index contributed by atoms with van der Waals surface area (Å²) in [7, 11) is -3.59. The number of rotatable bonds is 5. The van der Waals surface area contributed by atoms with Gasteiger partial charge in [0.15, 0.2) is 0 Å². The molecule has 1 fully saturated rings. The van der Waals surface area contributed by atoms with Crippen molar-refractivity contribution in [3.63, 3.8) is 0 Å². The minimum absolute atomic E-state index is 0.117. The summed E-state index contributed by atoms with van der Waals surface area (Å²) in [5.41, 5.74) is 0.183. The van der Waals surface area contributed by atoms with Gasteiger partial charge in [-0.25, -0.2) is 8.42 Å². The molecule has 0 amide bonds. The van der Waals surface area contributed by atoms with Crippen LogP contribution in [-0.2, 0) is 14.8 Å². The van der Waals surface area contributed by atoms with Gasteiger partial charge < -0.3 is 4.74 Å². The van der Waals surface area contributed by atoms with Crippen molar-refractivity contribution in [2.24, 2.45) is 0 Å². The summed E-state index contributed by atoms with van der Waals surface area (Å²) in [6.07, 6.45) is 3.30. The normalized spacial score (nSPS) is 25.3. The van der Waals surface area contributed by atoms with Crippen molar-refractivity contribution in [2.45, 2.75) is 63.3 Å². The Morgan fingerprint density at radius 3 is 2.45 bits per heavy atom. The quantitative estimate of drug-likeness (QED) is 0.779. The number of allylic oxidation sites excluding steroid dienone is 1. The van der Waals surface area contributed by atoms with E-state index in [4.69, 9.17) is 4.74 Å². The largest absolute Gasteiger partial charge is 0.355 e. The monoisotopic (exact) mass is 323 g/mol. The molecule has 1 heterocycles. The number of ether oxygens (including phenoxy) is 1. The number of hydrogen-bond acceptors (Lipinski definition) is 3. The average Bonchev–Trinajstić information content (AvgIpc) is 2.66. The Bertz CT molecular complexity index is 634. The molecular formula is C17H25NO3S. The van der Waals surface area contributed by atoms with E-state index in [0.29, 0.717) is 4.90 Å². The zero-order valence-electron chi connectivity index (χ0n) is 13.7. The van der Waals surface area contributed by atoms with E-state index in [-0.39, 0.29) is 12.1 Å². The van der Waals surface area contributed by atoms with Crippen LogP contribution in [0.2, 0.25) is 0 Å². The molecular weight excluding hydrogens is 298 g/mol. The SMILES string of the molecule is C=CCC[C@@H]1OC(C)(C)N(S(=O)(=O)c2ccc(C)cc2)[C@H]1C. The van der Waals surface area contributed by atoms with Crippen molar-refractivity contribution in [3.05, 3.63) is 42.5 Å². The molecule has 22 heavy (non-hydrogen) atoms. The van der Waals surface area contributed by atoms with Gasteiger partial charge in [0.05, 0.1) is 17.0 Å². The summed E-state index contributed by atoms with van der Waals surface area (Å²) in [6, 6.07) is 6.74. The minimum Gasteiger partial charge on any atom is -0.355 e. The molecule has 1 aliphatic rings. The molecule has 122 valence electrons. The number of nitrogens with zero attached hydrogens (tertiary/aromatic N) is 1. The highest BCUT2D eigenvalue weighted by atomic mass is 32.2. The van der Waals surface area contributed by atoms with Gasteiger partial charge >= 0.3 is 0 Å². The van der Waals surface area contributed by atoms with Crippen molar-refractivity contribution < 1.29 is 13.2 Å². The maximum Gasteiger partial charge on any atom is 0.245 e. The fourth-order valence-corrected chi connectivity index (χ4v) is 4.98. The number of benzene rings is 1. The highest BCUT2D eigenvalue weighted by Crippen LogP contribution is 2.38. The molecule has 0 bridgehead atoms. The van der Waals surface area contributed by atoms with E-state index in [1.54, 1.807) is 12.1 Å². The summed E-state index contributed by atoms with van der Waals surface area (Å²) in [6.45, 7) is 11.2. The van der Waals surface area contributed by atoms with Crippen LogP contribution in [0.3, 0.4) is 0 Å². The van der Waals surface area contributed by atoms with E-state index in [0.717, 1.165) is 18.4 Å². The summed E-state index contributed by atoms with van der Waals surface area (Å²) in [5.74, 6) is 0. The Labute approximate surface area is 133 Å². The van der Waals surface area contributed by atoms with Gasteiger partial charge in [-0.05, 0) is 52.7 Å². The number of sulfonamides is 1. The average molecular weight is 323 g/mol. The highest BCUT2D eigenvalue weighted by molar-refractivity contribution is 7.89. The Balaban J connectivity index is 2.36. The van der Waals surface area contributed by atoms with E-state index < -0.39 is 15.7 Å². The zero-order valence-corrected chi connectivity index (χ0v) is 14.6. The van der Waals surface area contributed by atoms with Crippen LogP contribution in [0, 0.1) is 6.92 Å². The fraction of sp³-hybridized carbons (Fsp3) is 0.529. The van der Waals surface area contributed by atoms with Crippen LogP contribution in [0.25, 0.3) is 0 Å². The van der Waals surface area contributed by atoms with Gasteiger partial charge in [-0.1, -0.05) is 23.8 Å². The van der Waals surface area contributed by atoms with E-state index in [2.05, 4.69) is 6.58 Å². The summed E-state index contributed by atoms with van der Waals surface area (Å²) in [5, 5.41) is 0. The standard InChI is InChI=1S/C17H25NO3S/c1-6-7-8-16-14(3)18(17(4,5)21-16)22(19,20)15-11-9-13(2)10-12-15/h6,9-12,14,16H,1,7-8H2,2-5H3/t14-,16-/m0/s1. The van der Waals surface area contributed by atoms with Crippen LogP contribution in [0.5, 0.6) is 0 Å². The first-order chi connectivity index (χ1) is 10.2. The fourth-order valence-electron chi connectivity index (χ4n) is 3.08. The maximum atomic E-state index is 13.0. The minimum atomic E-state index is -3.59. The molecule has 0 aliphatic carbocycles. The highest BCUT2D eigenvalue weighted by Gasteiger charge is 2.51. The molecule has 0 unspecified atom stereocenters. The maximum absolute atomic E-state index is 13.0. The summed E-state index contributed by atoms with van der Waals surface area (Å²) in [4.78, 5) is 0.311. The molecule has 4 nitrogen and oxygen atoms in total. The van der Waals surface area contributed by atoms with Gasteiger partial charge in [-0.2, -0.15) is 4.31 Å². The lowest BCUT2D eigenvalue weighted by Gasteiger charge is -2.31. The number of hydrogen-bond donors (Lipinski definition) is 0. The van der Waals surface area contributed by atoms with E-state index in [9.17, 15) is 8.42 Å². The lowest BCUT2D eigenvalue weighted by atomic mass is 10.1. The third-order valence-corrected chi connectivity index (χ3v) is 6.27. The zero-order chi connectivity index (χ0) is 16.5. The molecule has 0 saturated carbocycles. The van der Waals surface area contributed by atoms with Gasteiger partial charge in [0.1, 0.15) is 5.72 Å². The molecule has 2 rings (SSSR count). The first-order valence-corrected chi connectivity index (χ1v) is 9.04. The van der Waals surface area contributed by atoms with Gasteiger partial charge in [-0.15, -0.1) is 6.58 Å². The van der Waals surface area contributed by atoms with Gasteiger partial charge in [-0.3, -0.25) is 0 Å². The van der Waals surface area contributed by atoms with Crippen LogP contribution >= 0.6 is 0 Å².